The van der Waals surface area contributed by atoms with Crippen LogP contribution in [-0.4, -0.2) is 74.0 Å². The molecule has 0 spiro atoms. The zero-order chi connectivity index (χ0) is 12.3. The van der Waals surface area contributed by atoms with Crippen LogP contribution in [0.1, 0.15) is 6.42 Å². The SMILES string of the molecule is CN1CCN(C(=O)CC2NCCNC2=O)CC1.Cl. The maximum atomic E-state index is 12.0. The van der Waals surface area contributed by atoms with Crippen molar-refractivity contribution in [2.24, 2.45) is 0 Å². The summed E-state index contributed by atoms with van der Waals surface area (Å²) >= 11 is 0. The van der Waals surface area contributed by atoms with Gasteiger partial charge < -0.3 is 20.4 Å². The van der Waals surface area contributed by atoms with Crippen LogP contribution < -0.4 is 10.6 Å². The van der Waals surface area contributed by atoms with E-state index in [1.54, 1.807) is 0 Å². The highest BCUT2D eigenvalue weighted by atomic mass is 35.5. The molecule has 18 heavy (non-hydrogen) atoms. The van der Waals surface area contributed by atoms with Crippen molar-refractivity contribution < 1.29 is 9.59 Å². The number of piperazine rings is 2. The van der Waals surface area contributed by atoms with Gasteiger partial charge in [0.05, 0.1) is 12.5 Å². The lowest BCUT2D eigenvalue weighted by atomic mass is 10.1. The first-order valence-electron chi connectivity index (χ1n) is 6.14. The predicted molar refractivity (Wildman–Crippen MR) is 70.7 cm³/mol. The zero-order valence-electron chi connectivity index (χ0n) is 10.6. The molecule has 7 heteroatoms. The number of nitrogens with zero attached hydrogens (tertiary/aromatic N) is 2. The van der Waals surface area contributed by atoms with Gasteiger partial charge in [0.25, 0.3) is 0 Å². The van der Waals surface area contributed by atoms with Crippen LogP contribution in [0.15, 0.2) is 0 Å². The average Bonchev–Trinajstić information content (AvgIpc) is 2.33. The molecule has 0 bridgehead atoms. The third kappa shape index (κ3) is 3.83. The smallest absolute Gasteiger partial charge is 0.237 e. The van der Waals surface area contributed by atoms with E-state index in [0.29, 0.717) is 6.54 Å². The fraction of sp³-hybridized carbons (Fsp3) is 0.818. The minimum absolute atomic E-state index is 0. The Bertz CT molecular complexity index is 305. The number of amides is 2. The third-order valence-corrected chi connectivity index (χ3v) is 3.37. The molecule has 1 atom stereocenters. The molecule has 1 unspecified atom stereocenters. The highest BCUT2D eigenvalue weighted by Crippen LogP contribution is 2.05. The summed E-state index contributed by atoms with van der Waals surface area (Å²) in [5, 5.41) is 5.84. The van der Waals surface area contributed by atoms with Gasteiger partial charge in [-0.1, -0.05) is 0 Å². The van der Waals surface area contributed by atoms with Gasteiger partial charge in [-0.2, -0.15) is 0 Å². The van der Waals surface area contributed by atoms with E-state index in [0.717, 1.165) is 32.7 Å². The number of carbonyl (C=O) groups is 2. The molecule has 2 aliphatic heterocycles. The van der Waals surface area contributed by atoms with Crippen LogP contribution >= 0.6 is 12.4 Å². The fourth-order valence-corrected chi connectivity index (χ4v) is 2.17. The van der Waals surface area contributed by atoms with Crippen LogP contribution in [-0.2, 0) is 9.59 Å². The Morgan fingerprint density at radius 1 is 1.28 bits per heavy atom. The average molecular weight is 277 g/mol. The normalized spacial score (nSPS) is 25.3. The van der Waals surface area contributed by atoms with Crippen molar-refractivity contribution in [1.29, 1.82) is 0 Å². The summed E-state index contributed by atoms with van der Waals surface area (Å²) in [5.41, 5.74) is 0. The minimum Gasteiger partial charge on any atom is -0.353 e. The van der Waals surface area contributed by atoms with Gasteiger partial charge in [0.2, 0.25) is 11.8 Å². The Balaban J connectivity index is 0.00000162. The standard InChI is InChI=1S/C11H20N4O2.ClH/c1-14-4-6-15(7-5-14)10(16)8-9-11(17)13-3-2-12-9;/h9,12H,2-8H2,1H3,(H,13,17);1H. The van der Waals surface area contributed by atoms with Crippen molar-refractivity contribution in [3.63, 3.8) is 0 Å². The van der Waals surface area contributed by atoms with Crippen LogP contribution in [0.25, 0.3) is 0 Å². The molecule has 0 saturated carbocycles. The van der Waals surface area contributed by atoms with Gasteiger partial charge >= 0.3 is 0 Å². The van der Waals surface area contributed by atoms with E-state index >= 15 is 0 Å². The Kier molecular flexibility index (Phi) is 5.84. The third-order valence-electron chi connectivity index (χ3n) is 3.37. The molecule has 6 nitrogen and oxygen atoms in total. The molecule has 2 saturated heterocycles. The molecule has 0 aliphatic carbocycles. The molecular weight excluding hydrogens is 256 g/mol. The van der Waals surface area contributed by atoms with Crippen LogP contribution in [0.4, 0.5) is 0 Å². The summed E-state index contributed by atoms with van der Waals surface area (Å²) in [6, 6.07) is -0.351. The largest absolute Gasteiger partial charge is 0.353 e. The highest BCUT2D eigenvalue weighted by molar-refractivity contribution is 5.88. The van der Waals surface area contributed by atoms with Gasteiger partial charge in [0.1, 0.15) is 0 Å². The number of nitrogens with one attached hydrogen (secondary N) is 2. The quantitative estimate of drug-likeness (QED) is 0.655. The van der Waals surface area contributed by atoms with E-state index in [1.807, 2.05) is 4.90 Å². The fourth-order valence-electron chi connectivity index (χ4n) is 2.17. The van der Waals surface area contributed by atoms with Crippen molar-refractivity contribution in [3.05, 3.63) is 0 Å². The maximum Gasteiger partial charge on any atom is 0.237 e. The van der Waals surface area contributed by atoms with Gasteiger partial charge in [-0.15, -0.1) is 12.4 Å². The van der Waals surface area contributed by atoms with E-state index in [4.69, 9.17) is 0 Å². The summed E-state index contributed by atoms with van der Waals surface area (Å²) in [6.07, 6.45) is 0.273. The molecule has 2 N–H and O–H groups in total. The van der Waals surface area contributed by atoms with Gasteiger partial charge in [-0.05, 0) is 7.05 Å². The topological polar surface area (TPSA) is 64.7 Å². The van der Waals surface area contributed by atoms with E-state index in [2.05, 4.69) is 22.6 Å². The Morgan fingerprint density at radius 3 is 2.56 bits per heavy atom. The minimum atomic E-state index is -0.351. The lowest BCUT2D eigenvalue weighted by Gasteiger charge is -2.33. The van der Waals surface area contributed by atoms with Crippen LogP contribution in [0, 0.1) is 0 Å². The first kappa shape index (κ1) is 15.2. The van der Waals surface area contributed by atoms with Gasteiger partial charge in [0, 0.05) is 39.3 Å². The first-order valence-corrected chi connectivity index (χ1v) is 6.14. The molecule has 2 fully saturated rings. The summed E-state index contributed by atoms with van der Waals surface area (Å²) in [7, 11) is 2.05. The van der Waals surface area contributed by atoms with E-state index in [1.165, 1.54) is 0 Å². The monoisotopic (exact) mass is 276 g/mol. The lowest BCUT2D eigenvalue weighted by Crippen LogP contribution is -2.55. The number of likely N-dealkylation sites (N-methyl/N-ethyl adjacent to an activating group) is 1. The summed E-state index contributed by atoms with van der Waals surface area (Å²) < 4.78 is 0. The predicted octanol–water partition coefficient (Wildman–Crippen LogP) is -1.34. The summed E-state index contributed by atoms with van der Waals surface area (Å²) in [6.45, 7) is 4.75. The highest BCUT2D eigenvalue weighted by Gasteiger charge is 2.27. The van der Waals surface area contributed by atoms with Crippen molar-refractivity contribution in [2.75, 3.05) is 46.3 Å². The molecule has 2 heterocycles. The van der Waals surface area contributed by atoms with Crippen LogP contribution in [0.2, 0.25) is 0 Å². The first-order chi connectivity index (χ1) is 8.16. The Morgan fingerprint density at radius 2 is 1.94 bits per heavy atom. The number of hydrogen-bond donors (Lipinski definition) is 2. The summed E-state index contributed by atoms with van der Waals surface area (Å²) in [4.78, 5) is 27.6. The second-order valence-electron chi connectivity index (χ2n) is 4.69. The van der Waals surface area contributed by atoms with Crippen LogP contribution in [0.3, 0.4) is 0 Å². The Labute approximate surface area is 113 Å². The number of hydrogen-bond acceptors (Lipinski definition) is 4. The van der Waals surface area contributed by atoms with Gasteiger partial charge in [-0.25, -0.2) is 0 Å². The molecule has 104 valence electrons. The second-order valence-corrected chi connectivity index (χ2v) is 4.69. The van der Waals surface area contributed by atoms with Gasteiger partial charge in [0.15, 0.2) is 0 Å². The number of rotatable bonds is 2. The molecule has 2 aliphatic rings. The maximum absolute atomic E-state index is 12.0. The van der Waals surface area contributed by atoms with Crippen LogP contribution in [0.5, 0.6) is 0 Å². The molecular formula is C11H21ClN4O2. The zero-order valence-corrected chi connectivity index (χ0v) is 11.5. The molecule has 0 aromatic heterocycles. The molecule has 0 aromatic rings. The van der Waals surface area contributed by atoms with Gasteiger partial charge in [-0.3, -0.25) is 9.59 Å². The summed E-state index contributed by atoms with van der Waals surface area (Å²) in [5.74, 6) is 0.0198. The van der Waals surface area contributed by atoms with E-state index < -0.39 is 0 Å². The van der Waals surface area contributed by atoms with E-state index in [9.17, 15) is 9.59 Å². The molecule has 2 amide bonds. The molecule has 0 aromatic carbocycles. The molecule has 2 rings (SSSR count). The van der Waals surface area contributed by atoms with Crippen molar-refractivity contribution in [2.45, 2.75) is 12.5 Å². The second kappa shape index (κ2) is 6.92. The number of halogens is 1. The number of carbonyl (C=O) groups excluding carboxylic acids is 2. The van der Waals surface area contributed by atoms with Crippen molar-refractivity contribution >= 4 is 24.2 Å². The van der Waals surface area contributed by atoms with Crippen molar-refractivity contribution in [1.82, 2.24) is 20.4 Å². The van der Waals surface area contributed by atoms with E-state index in [-0.39, 0.29) is 36.7 Å². The lowest BCUT2D eigenvalue weighted by molar-refractivity contribution is -0.136. The molecule has 0 radical (unpaired) electrons. The van der Waals surface area contributed by atoms with Crippen molar-refractivity contribution in [3.8, 4) is 0 Å². The Hall–Kier alpha value is -0.850.